The SMILES string of the molecule is Cn1nc(NS(C)(=O)=O)c2c(Cl)ccc(-n3c([C@H](Cc4cc(F)cc(F)c4)NC(=O)Cn4nc(C(F)F)c5c4C(F)(F)[C@@H]4C[C@H]54)nc4cc(C(F)(F)F)ccc4c3=O)c21. The van der Waals surface area contributed by atoms with Crippen LogP contribution in [0.3, 0.4) is 0 Å². The maximum Gasteiger partial charge on any atom is 0.416 e. The first-order valence-electron chi connectivity index (χ1n) is 17.3. The highest BCUT2D eigenvalue weighted by molar-refractivity contribution is 7.92. The van der Waals surface area contributed by atoms with Crippen molar-refractivity contribution in [2.24, 2.45) is 13.0 Å². The molecule has 6 aromatic rings. The molecule has 12 nitrogen and oxygen atoms in total. The average molecular weight is 873 g/mol. The number of nitrogens with one attached hydrogen (secondary N) is 2. The van der Waals surface area contributed by atoms with E-state index in [4.69, 9.17) is 11.6 Å². The standard InChI is InChI=1S/C36H26ClF9N8O4S/c1-52-29-24(6-5-21(37)27(29)32(50-52)51-59(2,57)58)54-33(48-22-10-15(36(44,45)46)3-4-18(22)34(54)56)23(9-14-7-16(38)11-17(39)8-14)47-25(55)13-53-30-26(28(49-53)31(40)41)19-12-20(19)35(30,42)43/h3-8,10-11,19-20,23,31H,9,12-13H2,1-2H3,(H,47,55)(H,50,51)/t19-,20+,23-/m0/s1. The van der Waals surface area contributed by atoms with E-state index in [0.717, 1.165) is 33.7 Å². The number of alkyl halides is 7. The third-order valence-electron chi connectivity index (χ3n) is 10.1. The first-order valence-corrected chi connectivity index (χ1v) is 19.6. The molecule has 310 valence electrons. The van der Waals surface area contributed by atoms with Gasteiger partial charge in [0.1, 0.15) is 35.4 Å². The van der Waals surface area contributed by atoms with Gasteiger partial charge >= 0.3 is 6.18 Å². The summed E-state index contributed by atoms with van der Waals surface area (Å²) in [6.45, 7) is -1.11. The van der Waals surface area contributed by atoms with Crippen LogP contribution in [0, 0.1) is 17.6 Å². The molecule has 0 radical (unpaired) electrons. The Morgan fingerprint density at radius 2 is 1.75 bits per heavy atom. The molecule has 59 heavy (non-hydrogen) atoms. The largest absolute Gasteiger partial charge is 0.416 e. The van der Waals surface area contributed by atoms with Crippen LogP contribution in [0.4, 0.5) is 45.3 Å². The Morgan fingerprint density at radius 3 is 2.39 bits per heavy atom. The minimum atomic E-state index is -4.93. The van der Waals surface area contributed by atoms with Crippen LogP contribution < -0.4 is 15.6 Å². The fourth-order valence-corrected chi connectivity index (χ4v) is 8.49. The van der Waals surface area contributed by atoms with Crippen LogP contribution in [0.5, 0.6) is 0 Å². The molecule has 2 aliphatic rings. The zero-order valence-electron chi connectivity index (χ0n) is 30.1. The van der Waals surface area contributed by atoms with Gasteiger partial charge in [-0.3, -0.25) is 28.2 Å². The van der Waals surface area contributed by atoms with Crippen molar-refractivity contribution in [3.63, 3.8) is 0 Å². The van der Waals surface area contributed by atoms with Crippen LogP contribution in [0.15, 0.2) is 53.3 Å². The topological polar surface area (TPSA) is 146 Å². The molecular weight excluding hydrogens is 847 g/mol. The lowest BCUT2D eigenvalue weighted by Crippen LogP contribution is -2.38. The van der Waals surface area contributed by atoms with Crippen LogP contribution in [-0.2, 0) is 46.9 Å². The van der Waals surface area contributed by atoms with E-state index in [2.05, 4.69) is 25.2 Å². The van der Waals surface area contributed by atoms with Crippen LogP contribution in [-0.4, -0.2) is 49.7 Å². The Bertz CT molecular complexity index is 2910. The number of benzene rings is 3. The predicted molar refractivity (Wildman–Crippen MR) is 193 cm³/mol. The van der Waals surface area contributed by atoms with E-state index in [1.54, 1.807) is 0 Å². The molecule has 2 aliphatic carbocycles. The van der Waals surface area contributed by atoms with Gasteiger partial charge in [0.25, 0.3) is 17.9 Å². The van der Waals surface area contributed by atoms with Crippen molar-refractivity contribution in [3.05, 3.63) is 109 Å². The molecule has 3 atom stereocenters. The van der Waals surface area contributed by atoms with Crippen LogP contribution in [0.2, 0.25) is 5.02 Å². The molecule has 1 fully saturated rings. The Labute approximate surface area is 330 Å². The third-order valence-corrected chi connectivity index (χ3v) is 11.0. The molecular formula is C36H26ClF9N8O4S. The number of fused-ring (bicyclic) bond motifs is 5. The van der Waals surface area contributed by atoms with Gasteiger partial charge in [-0.05, 0) is 60.4 Å². The summed E-state index contributed by atoms with van der Waals surface area (Å²) in [5.41, 5.74) is -5.43. The van der Waals surface area contributed by atoms with E-state index >= 15 is 8.78 Å². The summed E-state index contributed by atoms with van der Waals surface area (Å²) >= 11 is 6.50. The maximum atomic E-state index is 15.4. The van der Waals surface area contributed by atoms with E-state index in [0.29, 0.717) is 22.9 Å². The van der Waals surface area contributed by atoms with E-state index in [9.17, 15) is 48.7 Å². The number of carbonyl (C=O) groups is 1. The second kappa shape index (κ2) is 13.7. The van der Waals surface area contributed by atoms with Gasteiger partial charge in [-0.2, -0.15) is 32.1 Å². The summed E-state index contributed by atoms with van der Waals surface area (Å²) in [6, 6.07) is 4.98. The van der Waals surface area contributed by atoms with Gasteiger partial charge < -0.3 is 5.32 Å². The van der Waals surface area contributed by atoms with Crippen molar-refractivity contribution in [2.75, 3.05) is 11.0 Å². The highest BCUT2D eigenvalue weighted by Crippen LogP contribution is 2.68. The van der Waals surface area contributed by atoms with Crippen molar-refractivity contribution < 1.29 is 52.7 Å². The van der Waals surface area contributed by atoms with Crippen molar-refractivity contribution in [1.29, 1.82) is 0 Å². The van der Waals surface area contributed by atoms with E-state index in [1.165, 1.54) is 19.2 Å². The summed E-state index contributed by atoms with van der Waals surface area (Å²) in [7, 11) is -2.64. The maximum absolute atomic E-state index is 15.4. The number of nitrogens with zero attached hydrogens (tertiary/aromatic N) is 6. The minimum Gasteiger partial charge on any atom is -0.344 e. The molecule has 0 aliphatic heterocycles. The normalized spacial score (nSPS) is 17.7. The first-order chi connectivity index (χ1) is 27.5. The monoisotopic (exact) mass is 872 g/mol. The number of hydrogen-bond acceptors (Lipinski definition) is 7. The summed E-state index contributed by atoms with van der Waals surface area (Å²) in [5.74, 6) is -10.0. The molecule has 0 spiro atoms. The summed E-state index contributed by atoms with van der Waals surface area (Å²) in [6.07, 6.45) is -8.09. The molecule has 8 rings (SSSR count). The highest BCUT2D eigenvalue weighted by Gasteiger charge is 2.67. The molecule has 0 unspecified atom stereocenters. The summed E-state index contributed by atoms with van der Waals surface area (Å²) in [4.78, 5) is 32.9. The number of rotatable bonds is 10. The molecule has 2 N–H and O–H groups in total. The summed E-state index contributed by atoms with van der Waals surface area (Å²) in [5, 5.41) is 9.73. The van der Waals surface area contributed by atoms with E-state index < -0.39 is 116 Å². The Hall–Kier alpha value is -5.64. The molecule has 3 heterocycles. The van der Waals surface area contributed by atoms with Gasteiger partial charge in [0, 0.05) is 31.0 Å². The number of sulfonamides is 1. The van der Waals surface area contributed by atoms with E-state index in [-0.39, 0.29) is 45.0 Å². The second-order valence-electron chi connectivity index (χ2n) is 14.3. The number of amides is 1. The molecule has 3 aromatic carbocycles. The van der Waals surface area contributed by atoms with Crippen molar-refractivity contribution in [3.8, 4) is 5.69 Å². The zero-order valence-corrected chi connectivity index (χ0v) is 31.6. The van der Waals surface area contributed by atoms with Gasteiger partial charge in [0.05, 0.1) is 50.4 Å². The smallest absolute Gasteiger partial charge is 0.344 e. The lowest BCUT2D eigenvalue weighted by atomic mass is 10.0. The Balaban J connectivity index is 1.35. The molecule has 1 amide bonds. The van der Waals surface area contributed by atoms with Crippen molar-refractivity contribution in [1.82, 2.24) is 34.4 Å². The fraction of sp³-hybridized carbons (Fsp3) is 0.306. The number of anilines is 1. The zero-order chi connectivity index (χ0) is 42.7. The van der Waals surface area contributed by atoms with Crippen LogP contribution >= 0.6 is 11.6 Å². The molecule has 0 saturated heterocycles. The number of hydrogen-bond donors (Lipinski definition) is 2. The predicted octanol–water partition coefficient (Wildman–Crippen LogP) is 7.04. The quantitative estimate of drug-likeness (QED) is 0.141. The second-order valence-corrected chi connectivity index (χ2v) is 16.4. The lowest BCUT2D eigenvalue weighted by molar-refractivity contribution is -0.137. The highest BCUT2D eigenvalue weighted by atomic mass is 35.5. The Morgan fingerprint density at radius 1 is 1.05 bits per heavy atom. The van der Waals surface area contributed by atoms with Gasteiger partial charge in [-0.25, -0.2) is 31.0 Å². The van der Waals surface area contributed by atoms with Crippen LogP contribution in [0.1, 0.15) is 58.7 Å². The average Bonchev–Trinajstić information content (AvgIpc) is 3.66. The van der Waals surface area contributed by atoms with Gasteiger partial charge in [-0.15, -0.1) is 0 Å². The minimum absolute atomic E-state index is 0.0469. The fourth-order valence-electron chi connectivity index (χ4n) is 7.76. The molecule has 0 bridgehead atoms. The lowest BCUT2D eigenvalue weighted by Gasteiger charge is -2.24. The number of aromatic nitrogens is 6. The Kier molecular flexibility index (Phi) is 9.33. The third kappa shape index (κ3) is 7.04. The van der Waals surface area contributed by atoms with Gasteiger partial charge in [0.15, 0.2) is 5.82 Å². The van der Waals surface area contributed by atoms with Crippen LogP contribution in [0.25, 0.3) is 27.5 Å². The molecule has 1 saturated carbocycles. The number of halogens is 10. The van der Waals surface area contributed by atoms with Gasteiger partial charge in [0.2, 0.25) is 15.9 Å². The number of aryl methyl sites for hydroxylation is 1. The van der Waals surface area contributed by atoms with E-state index in [1.807, 2.05) is 0 Å². The number of carbonyl (C=O) groups excluding carboxylic acids is 1. The summed E-state index contributed by atoms with van der Waals surface area (Å²) < 4.78 is 159. The van der Waals surface area contributed by atoms with Crippen molar-refractivity contribution in [2.45, 2.75) is 49.9 Å². The van der Waals surface area contributed by atoms with Crippen molar-refractivity contribution >= 4 is 55.2 Å². The van der Waals surface area contributed by atoms with Gasteiger partial charge in [-0.1, -0.05) is 11.6 Å². The molecule has 23 heteroatoms. The first kappa shape index (κ1) is 40.2. The molecule has 3 aromatic heterocycles.